The highest BCUT2D eigenvalue weighted by molar-refractivity contribution is 5.79. The van der Waals surface area contributed by atoms with Gasteiger partial charge in [0.25, 0.3) is 0 Å². The number of hydrogen-bond donors (Lipinski definition) is 1. The van der Waals surface area contributed by atoms with E-state index in [1.807, 2.05) is 11.9 Å². The van der Waals surface area contributed by atoms with Gasteiger partial charge in [-0.3, -0.25) is 4.79 Å². The lowest BCUT2D eigenvalue weighted by Crippen LogP contribution is -2.48. The molecule has 2 aliphatic rings. The molecular formula is C14H26N2O. The molecule has 2 N–H and O–H groups in total. The molecule has 1 amide bonds. The molecule has 0 aromatic rings. The first kappa shape index (κ1) is 12.9. The summed E-state index contributed by atoms with van der Waals surface area (Å²) in [5.74, 6) is 0.403. The third-order valence-electron chi connectivity index (χ3n) is 4.61. The molecule has 0 spiro atoms. The van der Waals surface area contributed by atoms with E-state index in [0.717, 1.165) is 12.8 Å². The van der Waals surface area contributed by atoms with E-state index in [4.69, 9.17) is 5.73 Å². The molecule has 0 aromatic heterocycles. The van der Waals surface area contributed by atoms with E-state index in [2.05, 4.69) is 0 Å². The van der Waals surface area contributed by atoms with Gasteiger partial charge < -0.3 is 10.6 Å². The Morgan fingerprint density at radius 3 is 2.24 bits per heavy atom. The second-order valence-corrected chi connectivity index (χ2v) is 5.80. The third kappa shape index (κ3) is 3.01. The van der Waals surface area contributed by atoms with Crippen molar-refractivity contribution in [2.45, 2.75) is 69.9 Å². The fourth-order valence-corrected chi connectivity index (χ4v) is 3.38. The van der Waals surface area contributed by atoms with Gasteiger partial charge in [0.1, 0.15) is 0 Å². The molecule has 2 saturated carbocycles. The molecule has 2 unspecified atom stereocenters. The summed E-state index contributed by atoms with van der Waals surface area (Å²) in [5, 5.41) is 0. The number of carbonyl (C=O) groups excluding carboxylic acids is 1. The van der Waals surface area contributed by atoms with Crippen LogP contribution in [0.2, 0.25) is 0 Å². The molecule has 0 aromatic carbocycles. The van der Waals surface area contributed by atoms with E-state index in [1.165, 1.54) is 44.9 Å². The van der Waals surface area contributed by atoms with E-state index in [1.54, 1.807) is 0 Å². The van der Waals surface area contributed by atoms with Crippen molar-refractivity contribution in [2.24, 2.45) is 11.7 Å². The van der Waals surface area contributed by atoms with Crippen molar-refractivity contribution < 1.29 is 4.79 Å². The van der Waals surface area contributed by atoms with Gasteiger partial charge in [0.2, 0.25) is 5.91 Å². The van der Waals surface area contributed by atoms with Gasteiger partial charge in [0.15, 0.2) is 0 Å². The lowest BCUT2D eigenvalue weighted by atomic mass is 9.83. The molecule has 0 radical (unpaired) electrons. The fourth-order valence-electron chi connectivity index (χ4n) is 3.38. The minimum atomic E-state index is 0.0932. The van der Waals surface area contributed by atoms with Crippen LogP contribution in [0.4, 0.5) is 0 Å². The van der Waals surface area contributed by atoms with Crippen LogP contribution in [0.15, 0.2) is 0 Å². The summed E-state index contributed by atoms with van der Waals surface area (Å²) >= 11 is 0. The van der Waals surface area contributed by atoms with Crippen molar-refractivity contribution in [2.75, 3.05) is 7.05 Å². The molecular weight excluding hydrogens is 212 g/mol. The molecule has 3 nitrogen and oxygen atoms in total. The minimum absolute atomic E-state index is 0.0932. The molecule has 0 saturated heterocycles. The second kappa shape index (κ2) is 5.85. The molecule has 2 fully saturated rings. The number of amides is 1. The van der Waals surface area contributed by atoms with Crippen LogP contribution in [0.3, 0.4) is 0 Å². The second-order valence-electron chi connectivity index (χ2n) is 5.80. The predicted octanol–water partition coefficient (Wildman–Crippen LogP) is 2.29. The van der Waals surface area contributed by atoms with Crippen LogP contribution in [-0.2, 0) is 4.79 Å². The van der Waals surface area contributed by atoms with Gasteiger partial charge in [-0.2, -0.15) is 0 Å². The highest BCUT2D eigenvalue weighted by Crippen LogP contribution is 2.28. The maximum atomic E-state index is 12.5. The van der Waals surface area contributed by atoms with E-state index in [-0.39, 0.29) is 12.0 Å². The van der Waals surface area contributed by atoms with Crippen LogP contribution in [0.25, 0.3) is 0 Å². The van der Waals surface area contributed by atoms with Gasteiger partial charge in [-0.1, -0.05) is 32.1 Å². The Hall–Kier alpha value is -0.570. The first-order valence-corrected chi connectivity index (χ1v) is 7.22. The molecule has 0 heterocycles. The largest absolute Gasteiger partial charge is 0.342 e. The van der Waals surface area contributed by atoms with E-state index < -0.39 is 0 Å². The molecule has 0 aliphatic heterocycles. The van der Waals surface area contributed by atoms with E-state index in [0.29, 0.717) is 11.9 Å². The van der Waals surface area contributed by atoms with Gasteiger partial charge in [-0.25, -0.2) is 0 Å². The SMILES string of the molecule is CN(C(=O)C1CCCCC1N)C1CCCCC1. The fraction of sp³-hybridized carbons (Fsp3) is 0.929. The minimum Gasteiger partial charge on any atom is -0.342 e. The van der Waals surface area contributed by atoms with Crippen LogP contribution in [0.1, 0.15) is 57.8 Å². The first-order chi connectivity index (χ1) is 8.20. The first-order valence-electron chi connectivity index (χ1n) is 7.22. The number of hydrogen-bond acceptors (Lipinski definition) is 2. The molecule has 2 atom stereocenters. The quantitative estimate of drug-likeness (QED) is 0.802. The van der Waals surface area contributed by atoms with Gasteiger partial charge in [-0.15, -0.1) is 0 Å². The van der Waals surface area contributed by atoms with Crippen LogP contribution in [0.5, 0.6) is 0 Å². The van der Waals surface area contributed by atoms with E-state index >= 15 is 0 Å². The van der Waals surface area contributed by atoms with Crippen molar-refractivity contribution in [3.63, 3.8) is 0 Å². The highest BCUT2D eigenvalue weighted by atomic mass is 16.2. The zero-order valence-electron chi connectivity index (χ0n) is 11.0. The summed E-state index contributed by atoms with van der Waals surface area (Å²) < 4.78 is 0. The van der Waals surface area contributed by atoms with Crippen LogP contribution in [0, 0.1) is 5.92 Å². The van der Waals surface area contributed by atoms with Crippen molar-refractivity contribution in [1.29, 1.82) is 0 Å². The topological polar surface area (TPSA) is 46.3 Å². The summed E-state index contributed by atoms with van der Waals surface area (Å²) in [4.78, 5) is 14.5. The van der Waals surface area contributed by atoms with Crippen molar-refractivity contribution >= 4 is 5.91 Å². The summed E-state index contributed by atoms with van der Waals surface area (Å²) in [6.45, 7) is 0. The molecule has 98 valence electrons. The summed E-state index contributed by atoms with van der Waals surface area (Å²) in [7, 11) is 1.99. The molecule has 17 heavy (non-hydrogen) atoms. The Bertz CT molecular complexity index is 261. The maximum Gasteiger partial charge on any atom is 0.227 e. The highest BCUT2D eigenvalue weighted by Gasteiger charge is 2.33. The number of carbonyl (C=O) groups is 1. The van der Waals surface area contributed by atoms with Gasteiger partial charge >= 0.3 is 0 Å². The molecule has 2 aliphatic carbocycles. The van der Waals surface area contributed by atoms with Crippen LogP contribution in [-0.4, -0.2) is 29.9 Å². The Morgan fingerprint density at radius 1 is 1.00 bits per heavy atom. The van der Waals surface area contributed by atoms with Crippen molar-refractivity contribution in [1.82, 2.24) is 4.90 Å². The van der Waals surface area contributed by atoms with E-state index in [9.17, 15) is 4.79 Å². The average molecular weight is 238 g/mol. The molecule has 0 bridgehead atoms. The Morgan fingerprint density at radius 2 is 1.59 bits per heavy atom. The van der Waals surface area contributed by atoms with Gasteiger partial charge in [-0.05, 0) is 25.7 Å². The number of rotatable bonds is 2. The number of nitrogens with two attached hydrogens (primary N) is 1. The zero-order chi connectivity index (χ0) is 12.3. The summed E-state index contributed by atoms with van der Waals surface area (Å²) in [5.41, 5.74) is 6.10. The summed E-state index contributed by atoms with van der Waals surface area (Å²) in [6.07, 6.45) is 10.6. The Kier molecular flexibility index (Phi) is 4.43. The number of nitrogens with zero attached hydrogens (tertiary/aromatic N) is 1. The lowest BCUT2D eigenvalue weighted by Gasteiger charge is -2.36. The summed E-state index contributed by atoms with van der Waals surface area (Å²) in [6, 6.07) is 0.577. The smallest absolute Gasteiger partial charge is 0.227 e. The normalized spacial score (nSPS) is 31.2. The van der Waals surface area contributed by atoms with Crippen molar-refractivity contribution in [3.05, 3.63) is 0 Å². The Labute approximate surface area is 105 Å². The van der Waals surface area contributed by atoms with Crippen LogP contribution >= 0.6 is 0 Å². The van der Waals surface area contributed by atoms with Gasteiger partial charge in [0, 0.05) is 19.1 Å². The monoisotopic (exact) mass is 238 g/mol. The predicted molar refractivity (Wildman–Crippen MR) is 69.6 cm³/mol. The van der Waals surface area contributed by atoms with Gasteiger partial charge in [0.05, 0.1) is 5.92 Å². The van der Waals surface area contributed by atoms with Crippen LogP contribution < -0.4 is 5.73 Å². The third-order valence-corrected chi connectivity index (χ3v) is 4.61. The molecule has 3 heteroatoms. The zero-order valence-corrected chi connectivity index (χ0v) is 11.0. The standard InChI is InChI=1S/C14H26N2O/c1-16(11-7-3-2-4-8-11)14(17)12-9-5-6-10-13(12)15/h11-13H,2-10,15H2,1H3. The van der Waals surface area contributed by atoms with Crippen molar-refractivity contribution in [3.8, 4) is 0 Å². The Balaban J connectivity index is 1.92. The maximum absolute atomic E-state index is 12.5. The molecule has 2 rings (SSSR count). The lowest BCUT2D eigenvalue weighted by molar-refractivity contribution is -0.138. The average Bonchev–Trinajstić information content (AvgIpc) is 2.39.